The summed E-state index contributed by atoms with van der Waals surface area (Å²) in [6.07, 6.45) is 19.5. The van der Waals surface area contributed by atoms with Gasteiger partial charge in [-0.25, -0.2) is 0 Å². The molecule has 0 aromatic heterocycles. The lowest BCUT2D eigenvalue weighted by molar-refractivity contribution is -0.0113. The number of hydrogen-bond acceptors (Lipinski definition) is 1. The summed E-state index contributed by atoms with van der Waals surface area (Å²) >= 11 is 0. The van der Waals surface area contributed by atoms with Gasteiger partial charge in [-0.2, -0.15) is 0 Å². The minimum absolute atomic E-state index is 0.0237. The summed E-state index contributed by atoms with van der Waals surface area (Å²) in [5.74, 6) is 1.25. The summed E-state index contributed by atoms with van der Waals surface area (Å²) in [6, 6.07) is 0. The fourth-order valence-corrected chi connectivity index (χ4v) is 4.81. The van der Waals surface area contributed by atoms with E-state index in [-0.39, 0.29) is 12.0 Å². The van der Waals surface area contributed by atoms with E-state index in [9.17, 15) is 5.11 Å². The van der Waals surface area contributed by atoms with Crippen molar-refractivity contribution in [3.05, 3.63) is 75.9 Å². The van der Waals surface area contributed by atoms with E-state index in [1.807, 2.05) is 36.5 Å². The molecule has 0 rings (SSSR count). The largest absolute Gasteiger partial charge is 0.396 e. The van der Waals surface area contributed by atoms with Crippen LogP contribution >= 0.6 is 0 Å². The Hall–Kier alpha value is -1.60. The number of aliphatic hydroxyl groups excluding tert-OH is 1. The van der Waals surface area contributed by atoms with Crippen LogP contribution in [-0.4, -0.2) is 11.7 Å². The van der Waals surface area contributed by atoms with Crippen molar-refractivity contribution in [2.45, 2.75) is 51.4 Å². The van der Waals surface area contributed by atoms with Crippen LogP contribution in [0.25, 0.3) is 0 Å². The van der Waals surface area contributed by atoms with Crippen LogP contribution in [0.2, 0.25) is 0 Å². The van der Waals surface area contributed by atoms with Gasteiger partial charge in [0.25, 0.3) is 0 Å². The molecule has 1 heteroatoms. The van der Waals surface area contributed by atoms with E-state index >= 15 is 0 Å². The van der Waals surface area contributed by atoms with E-state index < -0.39 is 0 Å². The Morgan fingerprint density at radius 2 is 0.846 bits per heavy atom. The maximum absolute atomic E-state index is 9.63. The first kappa shape index (κ1) is 24.4. The summed E-state index contributed by atoms with van der Waals surface area (Å²) in [6.45, 7) is 24.3. The fraction of sp³-hybridized carbons (Fsp3) is 0.520. The average Bonchev–Trinajstić information content (AvgIpc) is 2.63. The third-order valence-corrected chi connectivity index (χ3v) is 5.76. The van der Waals surface area contributed by atoms with Crippen molar-refractivity contribution in [3.63, 3.8) is 0 Å². The summed E-state index contributed by atoms with van der Waals surface area (Å²) in [5, 5.41) is 9.63. The third-order valence-electron chi connectivity index (χ3n) is 5.76. The van der Waals surface area contributed by atoms with Gasteiger partial charge in [-0.15, -0.1) is 39.5 Å². The molecular weight excluding hydrogens is 316 g/mol. The van der Waals surface area contributed by atoms with E-state index in [0.29, 0.717) is 17.8 Å². The molecule has 0 atom stereocenters. The first-order valence-corrected chi connectivity index (χ1v) is 9.88. The van der Waals surface area contributed by atoms with E-state index in [0.717, 1.165) is 51.4 Å². The molecule has 1 nitrogen and oxygen atoms in total. The SMILES string of the molecule is C=CCC(CC=C)C(CCCO)(C(CC=C)CC=C)C(CC=C)CC=C. The molecule has 26 heavy (non-hydrogen) atoms. The molecule has 0 aromatic carbocycles. The molecule has 0 amide bonds. The van der Waals surface area contributed by atoms with Crippen molar-refractivity contribution >= 4 is 0 Å². The maximum Gasteiger partial charge on any atom is 0.0431 e. The Morgan fingerprint density at radius 3 is 1.04 bits per heavy atom. The van der Waals surface area contributed by atoms with Gasteiger partial charge in [-0.05, 0) is 74.5 Å². The molecule has 0 aliphatic heterocycles. The minimum Gasteiger partial charge on any atom is -0.396 e. The van der Waals surface area contributed by atoms with Gasteiger partial charge in [0.2, 0.25) is 0 Å². The average molecular weight is 357 g/mol. The molecule has 0 saturated carbocycles. The summed E-state index contributed by atoms with van der Waals surface area (Å²) < 4.78 is 0. The monoisotopic (exact) mass is 356 g/mol. The minimum atomic E-state index is 0.0237. The van der Waals surface area contributed by atoms with Crippen LogP contribution in [0.3, 0.4) is 0 Å². The molecule has 0 saturated heterocycles. The Morgan fingerprint density at radius 1 is 0.577 bits per heavy atom. The standard InChI is InChI=1S/C25H40O/c1-7-14-22(15-8-2)25(20-13-21-26,23(16-9-3)17-10-4)24(18-11-5)19-12-6/h7-12,22-24,26H,1-6,13-21H2. The van der Waals surface area contributed by atoms with E-state index in [4.69, 9.17) is 0 Å². The number of allylic oxidation sites excluding steroid dienone is 6. The number of aliphatic hydroxyl groups is 1. The van der Waals surface area contributed by atoms with Gasteiger partial charge >= 0.3 is 0 Å². The van der Waals surface area contributed by atoms with Crippen LogP contribution in [0, 0.1) is 23.2 Å². The highest BCUT2D eigenvalue weighted by Crippen LogP contribution is 2.55. The summed E-state index contributed by atoms with van der Waals surface area (Å²) in [7, 11) is 0. The maximum atomic E-state index is 9.63. The molecule has 0 bridgehead atoms. The van der Waals surface area contributed by atoms with Crippen molar-refractivity contribution in [2.24, 2.45) is 23.2 Å². The van der Waals surface area contributed by atoms with Crippen LogP contribution in [0.5, 0.6) is 0 Å². The molecule has 0 heterocycles. The fourth-order valence-electron chi connectivity index (χ4n) is 4.81. The first-order chi connectivity index (χ1) is 12.6. The molecule has 0 fully saturated rings. The molecule has 1 N–H and O–H groups in total. The second kappa shape index (κ2) is 14.6. The second-order valence-corrected chi connectivity index (χ2v) is 7.18. The van der Waals surface area contributed by atoms with Crippen molar-refractivity contribution in [2.75, 3.05) is 6.61 Å². The molecule has 0 aromatic rings. The zero-order valence-corrected chi connectivity index (χ0v) is 16.7. The van der Waals surface area contributed by atoms with E-state index in [2.05, 4.69) is 39.5 Å². The molecule has 0 aliphatic rings. The van der Waals surface area contributed by atoms with Gasteiger partial charge in [-0.1, -0.05) is 36.5 Å². The topological polar surface area (TPSA) is 20.2 Å². The zero-order chi connectivity index (χ0) is 19.8. The molecular formula is C25H40O. The lowest BCUT2D eigenvalue weighted by Gasteiger charge is -2.52. The lowest BCUT2D eigenvalue weighted by atomic mass is 9.53. The van der Waals surface area contributed by atoms with Gasteiger partial charge < -0.3 is 5.11 Å². The second-order valence-electron chi connectivity index (χ2n) is 7.18. The Bertz CT molecular complexity index is 355. The predicted molar refractivity (Wildman–Crippen MR) is 118 cm³/mol. The van der Waals surface area contributed by atoms with Crippen LogP contribution in [0.1, 0.15) is 51.4 Å². The van der Waals surface area contributed by atoms with Crippen LogP contribution in [0.4, 0.5) is 0 Å². The highest BCUT2D eigenvalue weighted by molar-refractivity contribution is 5.05. The van der Waals surface area contributed by atoms with Gasteiger partial charge in [0.05, 0.1) is 0 Å². The van der Waals surface area contributed by atoms with Crippen LogP contribution in [-0.2, 0) is 0 Å². The smallest absolute Gasteiger partial charge is 0.0431 e. The highest BCUT2D eigenvalue weighted by Gasteiger charge is 2.47. The number of hydrogen-bond donors (Lipinski definition) is 1. The first-order valence-electron chi connectivity index (χ1n) is 9.88. The molecule has 146 valence electrons. The van der Waals surface area contributed by atoms with Gasteiger partial charge in [0.1, 0.15) is 0 Å². The normalized spacial score (nSPS) is 11.5. The van der Waals surface area contributed by atoms with Crippen molar-refractivity contribution in [1.82, 2.24) is 0 Å². The van der Waals surface area contributed by atoms with Crippen molar-refractivity contribution < 1.29 is 5.11 Å². The molecule has 0 radical (unpaired) electrons. The van der Waals surface area contributed by atoms with Gasteiger partial charge in [-0.3, -0.25) is 0 Å². The van der Waals surface area contributed by atoms with Gasteiger partial charge in [0, 0.05) is 6.61 Å². The van der Waals surface area contributed by atoms with E-state index in [1.165, 1.54) is 0 Å². The van der Waals surface area contributed by atoms with Crippen molar-refractivity contribution in [1.29, 1.82) is 0 Å². The zero-order valence-electron chi connectivity index (χ0n) is 16.7. The Labute approximate surface area is 162 Å². The predicted octanol–water partition coefficient (Wildman–Crippen LogP) is 7.05. The molecule has 0 unspecified atom stereocenters. The van der Waals surface area contributed by atoms with Crippen LogP contribution in [0.15, 0.2) is 75.9 Å². The number of rotatable bonds is 18. The highest BCUT2D eigenvalue weighted by atomic mass is 16.2. The Kier molecular flexibility index (Phi) is 13.7. The van der Waals surface area contributed by atoms with E-state index in [1.54, 1.807) is 0 Å². The quantitative estimate of drug-likeness (QED) is 0.261. The lowest BCUT2D eigenvalue weighted by Crippen LogP contribution is -2.44. The molecule has 0 spiro atoms. The van der Waals surface area contributed by atoms with Crippen molar-refractivity contribution in [3.8, 4) is 0 Å². The van der Waals surface area contributed by atoms with Crippen LogP contribution < -0.4 is 0 Å². The van der Waals surface area contributed by atoms with Gasteiger partial charge in [0.15, 0.2) is 0 Å². The molecule has 0 aliphatic carbocycles. The Balaban J connectivity index is 6.48. The summed E-state index contributed by atoms with van der Waals surface area (Å²) in [5.41, 5.74) is 0.0237. The summed E-state index contributed by atoms with van der Waals surface area (Å²) in [4.78, 5) is 0. The third kappa shape index (κ3) is 6.61.